The molecule has 0 unspecified atom stereocenters. The molecule has 40 heavy (non-hydrogen) atoms. The van der Waals surface area contributed by atoms with E-state index in [-0.39, 0.29) is 17.6 Å². The number of aryl methyl sites for hydroxylation is 1. The molecule has 0 fully saturated rings. The normalized spacial score (nSPS) is 13.8. The summed E-state index contributed by atoms with van der Waals surface area (Å²) >= 11 is 0. The predicted octanol–water partition coefficient (Wildman–Crippen LogP) is 5.86. The van der Waals surface area contributed by atoms with Gasteiger partial charge in [-0.1, -0.05) is 30.3 Å². The lowest BCUT2D eigenvalue weighted by atomic mass is 9.99. The van der Waals surface area contributed by atoms with E-state index >= 15 is 0 Å². The monoisotopic (exact) mass is 535 g/mol. The van der Waals surface area contributed by atoms with E-state index in [1.807, 2.05) is 51.1 Å². The van der Waals surface area contributed by atoms with Crippen molar-refractivity contribution in [3.63, 3.8) is 0 Å². The van der Waals surface area contributed by atoms with Crippen LogP contribution in [0.3, 0.4) is 0 Å². The number of imidazole rings is 1. The third-order valence-electron chi connectivity index (χ3n) is 6.04. The van der Waals surface area contributed by atoms with Crippen molar-refractivity contribution >= 4 is 46.1 Å². The molecule has 4 aromatic rings. The number of fused-ring (bicyclic) bond motifs is 1. The summed E-state index contributed by atoms with van der Waals surface area (Å²) in [4.78, 5) is 45.3. The number of benzene rings is 3. The molecule has 9 nitrogen and oxygen atoms in total. The first kappa shape index (κ1) is 26.4. The summed E-state index contributed by atoms with van der Waals surface area (Å²) in [6.07, 6.45) is 1.65. The highest BCUT2D eigenvalue weighted by Crippen LogP contribution is 2.39. The average molecular weight is 536 g/mol. The fourth-order valence-electron chi connectivity index (χ4n) is 4.27. The van der Waals surface area contributed by atoms with Crippen LogP contribution >= 0.6 is 0 Å². The van der Waals surface area contributed by atoms with Crippen molar-refractivity contribution in [2.75, 3.05) is 16.0 Å². The largest absolute Gasteiger partial charge is 0.456 e. The van der Waals surface area contributed by atoms with Crippen molar-refractivity contribution < 1.29 is 19.1 Å². The molecule has 0 aliphatic carbocycles. The molecule has 0 bridgehead atoms. The summed E-state index contributed by atoms with van der Waals surface area (Å²) in [5.41, 5.74) is 4.88. The van der Waals surface area contributed by atoms with E-state index in [0.717, 1.165) is 5.56 Å². The first-order valence-electron chi connectivity index (χ1n) is 12.8. The van der Waals surface area contributed by atoms with Gasteiger partial charge in [-0.2, -0.15) is 0 Å². The zero-order chi connectivity index (χ0) is 28.4. The Kier molecular flexibility index (Phi) is 6.96. The average Bonchev–Trinajstić information content (AvgIpc) is 3.49. The molecule has 0 atom stereocenters. The van der Waals surface area contributed by atoms with E-state index in [1.165, 1.54) is 0 Å². The van der Waals surface area contributed by atoms with Crippen molar-refractivity contribution in [3.05, 3.63) is 107 Å². The molecular formula is C31H29N5O4. The van der Waals surface area contributed by atoms with Gasteiger partial charge in [-0.25, -0.2) is 9.78 Å². The number of rotatable bonds is 6. The molecule has 202 valence electrons. The molecule has 1 aromatic heterocycles. The highest BCUT2D eigenvalue weighted by Gasteiger charge is 2.29. The SMILES string of the molecule is Cc1c[nH]c(C(=O)Nc2ccc3c(c2)NC(=O)/C3=C(\Nc2ccc(C(=O)OC(C)(C)C)cc2)c2ccccc2)n1. The van der Waals surface area contributed by atoms with Crippen molar-refractivity contribution in [2.24, 2.45) is 0 Å². The number of H-pyrrole nitrogens is 1. The van der Waals surface area contributed by atoms with Gasteiger partial charge in [-0.05, 0) is 75.7 Å². The number of hydrogen-bond donors (Lipinski definition) is 4. The van der Waals surface area contributed by atoms with Gasteiger partial charge in [-0.15, -0.1) is 0 Å². The minimum atomic E-state index is -0.595. The van der Waals surface area contributed by atoms with Crippen LogP contribution < -0.4 is 16.0 Å². The molecule has 4 N–H and O–H groups in total. The van der Waals surface area contributed by atoms with Gasteiger partial charge in [0.2, 0.25) is 0 Å². The van der Waals surface area contributed by atoms with Crippen LogP contribution in [0.2, 0.25) is 0 Å². The van der Waals surface area contributed by atoms with Crippen molar-refractivity contribution in [1.82, 2.24) is 9.97 Å². The number of nitrogens with one attached hydrogen (secondary N) is 4. The quantitative estimate of drug-likeness (QED) is 0.181. The number of aromatic amines is 1. The maximum Gasteiger partial charge on any atom is 0.338 e. The standard InChI is InChI=1S/C31H29N5O4/c1-18-17-32-27(33-18)29(38)35-22-14-15-23-24(16-22)36-28(37)25(23)26(19-8-6-5-7-9-19)34-21-12-10-20(11-13-21)30(39)40-31(2,3)4/h5-17,34H,1-4H3,(H,32,33)(H,35,38)(H,36,37)/b26-25-. The van der Waals surface area contributed by atoms with E-state index in [1.54, 1.807) is 55.6 Å². The van der Waals surface area contributed by atoms with Crippen molar-refractivity contribution in [1.29, 1.82) is 0 Å². The van der Waals surface area contributed by atoms with Crippen LogP contribution in [-0.4, -0.2) is 33.4 Å². The van der Waals surface area contributed by atoms with Gasteiger partial charge in [0.1, 0.15) is 5.60 Å². The van der Waals surface area contributed by atoms with Crippen LogP contribution in [0.15, 0.2) is 79.0 Å². The van der Waals surface area contributed by atoms with Gasteiger partial charge in [0, 0.05) is 23.1 Å². The zero-order valence-electron chi connectivity index (χ0n) is 22.6. The summed E-state index contributed by atoms with van der Waals surface area (Å²) in [6.45, 7) is 7.25. The Morgan fingerprint density at radius 3 is 2.23 bits per heavy atom. The van der Waals surface area contributed by atoms with Gasteiger partial charge in [0.25, 0.3) is 11.8 Å². The first-order chi connectivity index (χ1) is 19.1. The Hall–Kier alpha value is -5.18. The van der Waals surface area contributed by atoms with Gasteiger partial charge in [0.15, 0.2) is 5.82 Å². The second-order valence-corrected chi connectivity index (χ2v) is 10.4. The van der Waals surface area contributed by atoms with E-state index in [2.05, 4.69) is 25.9 Å². The number of hydrogen-bond acceptors (Lipinski definition) is 6. The fourth-order valence-corrected chi connectivity index (χ4v) is 4.27. The summed E-state index contributed by atoms with van der Waals surface area (Å²) in [6, 6.07) is 21.7. The fraction of sp³-hybridized carbons (Fsp3) is 0.161. The van der Waals surface area contributed by atoms with Crippen LogP contribution in [0.1, 0.15) is 58.6 Å². The smallest absolute Gasteiger partial charge is 0.338 e. The summed E-state index contributed by atoms with van der Waals surface area (Å²) < 4.78 is 5.46. The highest BCUT2D eigenvalue weighted by molar-refractivity contribution is 6.37. The Bertz CT molecular complexity index is 1630. The maximum absolute atomic E-state index is 13.3. The number of carbonyl (C=O) groups is 3. The van der Waals surface area contributed by atoms with E-state index in [9.17, 15) is 14.4 Å². The van der Waals surface area contributed by atoms with Crippen LogP contribution in [0, 0.1) is 6.92 Å². The molecule has 3 aromatic carbocycles. The third kappa shape index (κ3) is 5.78. The number of nitrogens with zero attached hydrogens (tertiary/aromatic N) is 1. The molecular weight excluding hydrogens is 506 g/mol. The van der Waals surface area contributed by atoms with Crippen LogP contribution in [0.4, 0.5) is 17.1 Å². The molecule has 5 rings (SSSR count). The van der Waals surface area contributed by atoms with Gasteiger partial charge in [-0.3, -0.25) is 9.59 Å². The van der Waals surface area contributed by atoms with E-state index < -0.39 is 11.6 Å². The lowest BCUT2D eigenvalue weighted by Gasteiger charge is -2.19. The summed E-state index contributed by atoms with van der Waals surface area (Å²) in [5, 5.41) is 9.10. The number of amides is 2. The number of esters is 1. The minimum absolute atomic E-state index is 0.205. The third-order valence-corrected chi connectivity index (χ3v) is 6.04. The lowest BCUT2D eigenvalue weighted by Crippen LogP contribution is -2.23. The second-order valence-electron chi connectivity index (χ2n) is 10.4. The van der Waals surface area contributed by atoms with Crippen molar-refractivity contribution in [3.8, 4) is 0 Å². The van der Waals surface area contributed by atoms with Crippen molar-refractivity contribution in [2.45, 2.75) is 33.3 Å². The molecule has 0 saturated heterocycles. The van der Waals surface area contributed by atoms with E-state index in [4.69, 9.17) is 4.74 Å². The molecule has 0 saturated carbocycles. The number of aromatic nitrogens is 2. The first-order valence-corrected chi connectivity index (χ1v) is 12.8. The Morgan fingerprint density at radius 1 is 0.875 bits per heavy atom. The molecule has 2 amide bonds. The number of carbonyl (C=O) groups excluding carboxylic acids is 3. The number of ether oxygens (including phenoxy) is 1. The maximum atomic E-state index is 13.3. The highest BCUT2D eigenvalue weighted by atomic mass is 16.6. The van der Waals surface area contributed by atoms with Gasteiger partial charge in [0.05, 0.1) is 28.2 Å². The summed E-state index contributed by atoms with van der Waals surface area (Å²) in [5.74, 6) is -0.864. The minimum Gasteiger partial charge on any atom is -0.456 e. The molecule has 0 radical (unpaired) electrons. The molecule has 1 aliphatic rings. The number of anilines is 3. The Balaban J connectivity index is 1.46. The second kappa shape index (κ2) is 10.5. The molecule has 9 heteroatoms. The van der Waals surface area contributed by atoms with Gasteiger partial charge < -0.3 is 25.7 Å². The predicted molar refractivity (Wildman–Crippen MR) is 155 cm³/mol. The molecule has 2 heterocycles. The van der Waals surface area contributed by atoms with Crippen LogP contribution in [0.5, 0.6) is 0 Å². The van der Waals surface area contributed by atoms with Crippen LogP contribution in [-0.2, 0) is 9.53 Å². The van der Waals surface area contributed by atoms with Crippen LogP contribution in [0.25, 0.3) is 11.3 Å². The zero-order valence-corrected chi connectivity index (χ0v) is 22.6. The molecule has 1 aliphatic heterocycles. The topological polar surface area (TPSA) is 125 Å². The van der Waals surface area contributed by atoms with E-state index in [0.29, 0.717) is 45.2 Å². The van der Waals surface area contributed by atoms with Gasteiger partial charge >= 0.3 is 5.97 Å². The Morgan fingerprint density at radius 2 is 1.57 bits per heavy atom. The molecule has 0 spiro atoms. The lowest BCUT2D eigenvalue weighted by molar-refractivity contribution is -0.110. The summed E-state index contributed by atoms with van der Waals surface area (Å²) in [7, 11) is 0. The Labute approximate surface area is 231 Å².